The molecule has 0 aliphatic rings. The van der Waals surface area contributed by atoms with Gasteiger partial charge < -0.3 is 14.4 Å². The minimum absolute atomic E-state index is 0.0354. The number of para-hydroxylation sites is 2. The van der Waals surface area contributed by atoms with Crippen LogP contribution < -0.4 is 9.64 Å². The van der Waals surface area contributed by atoms with Crippen LogP contribution in [-0.2, 0) is 14.3 Å². The Labute approximate surface area is 284 Å². The molecule has 0 unspecified atom stereocenters. The molecule has 0 N–H and O–H groups in total. The Kier molecular flexibility index (Phi) is 13.3. The van der Waals surface area contributed by atoms with Gasteiger partial charge in [-0.3, -0.25) is 9.59 Å². The van der Waals surface area contributed by atoms with E-state index in [9.17, 15) is 14.9 Å². The first-order valence-corrected chi connectivity index (χ1v) is 16.5. The van der Waals surface area contributed by atoms with Crippen LogP contribution in [0.15, 0.2) is 109 Å². The molecule has 6 heteroatoms. The van der Waals surface area contributed by atoms with E-state index in [1.807, 2.05) is 87.5 Å². The smallest absolute Gasteiger partial charge is 0.306 e. The van der Waals surface area contributed by atoms with E-state index in [1.165, 1.54) is 0 Å². The molecular weight excluding hydrogens is 596 g/mol. The number of nitriles is 1. The van der Waals surface area contributed by atoms with Crippen LogP contribution in [0.5, 0.6) is 5.75 Å². The van der Waals surface area contributed by atoms with Gasteiger partial charge in [0, 0.05) is 29.0 Å². The van der Waals surface area contributed by atoms with Crippen LogP contribution >= 0.6 is 0 Å². The van der Waals surface area contributed by atoms with Crippen LogP contribution in [0.25, 0.3) is 18.2 Å². The maximum Gasteiger partial charge on any atom is 0.306 e. The number of unbranched alkanes of at least 4 members (excludes halogenated alkanes) is 4. The summed E-state index contributed by atoms with van der Waals surface area (Å²) in [5.74, 6) is 0.468. The van der Waals surface area contributed by atoms with Gasteiger partial charge in [0.1, 0.15) is 17.4 Å². The maximum atomic E-state index is 11.9. The second-order valence-electron chi connectivity index (χ2n) is 12.5. The Bertz CT molecular complexity index is 1670. The lowest BCUT2D eigenvalue weighted by atomic mass is 10.1. The van der Waals surface area contributed by atoms with E-state index < -0.39 is 5.60 Å². The van der Waals surface area contributed by atoms with E-state index >= 15 is 0 Å². The van der Waals surface area contributed by atoms with Crippen LogP contribution in [-0.4, -0.2) is 24.5 Å². The van der Waals surface area contributed by atoms with E-state index in [-0.39, 0.29) is 11.5 Å². The zero-order valence-corrected chi connectivity index (χ0v) is 28.1. The van der Waals surface area contributed by atoms with Crippen molar-refractivity contribution in [3.63, 3.8) is 0 Å². The van der Waals surface area contributed by atoms with E-state index in [2.05, 4.69) is 59.5 Å². The Morgan fingerprint density at radius 1 is 0.750 bits per heavy atom. The Balaban J connectivity index is 1.39. The summed E-state index contributed by atoms with van der Waals surface area (Å²) >= 11 is 0. The largest absolute Gasteiger partial charge is 0.493 e. The van der Waals surface area contributed by atoms with Crippen molar-refractivity contribution in [1.29, 1.82) is 5.26 Å². The average molecular weight is 641 g/mol. The number of hydrogen-bond donors (Lipinski definition) is 0. The summed E-state index contributed by atoms with van der Waals surface area (Å²) in [6, 6.07) is 36.7. The molecule has 0 amide bonds. The van der Waals surface area contributed by atoms with E-state index in [4.69, 9.17) is 9.47 Å². The Morgan fingerprint density at radius 2 is 1.31 bits per heavy atom. The first kappa shape index (κ1) is 35.4. The number of carbonyl (C=O) groups is 2. The Morgan fingerprint density at radius 3 is 1.92 bits per heavy atom. The molecule has 0 atom stereocenters. The predicted molar refractivity (Wildman–Crippen MR) is 195 cm³/mol. The number of hydrogen-bond acceptors (Lipinski definition) is 6. The molecule has 0 aliphatic heterocycles. The number of carbonyl (C=O) groups excluding carboxylic acids is 2. The van der Waals surface area contributed by atoms with Crippen molar-refractivity contribution < 1.29 is 19.1 Å². The maximum absolute atomic E-state index is 11.9. The summed E-state index contributed by atoms with van der Waals surface area (Å²) in [6.45, 7) is 6.14. The number of anilines is 3. The number of aldehydes is 1. The summed E-state index contributed by atoms with van der Waals surface area (Å²) in [6.07, 6.45) is 11.2. The van der Waals surface area contributed by atoms with Gasteiger partial charge in [-0.15, -0.1) is 0 Å². The lowest BCUT2D eigenvalue weighted by Crippen LogP contribution is -2.23. The lowest BCUT2D eigenvalue weighted by molar-refractivity contribution is -0.154. The van der Waals surface area contributed by atoms with E-state index in [0.29, 0.717) is 30.6 Å². The summed E-state index contributed by atoms with van der Waals surface area (Å²) < 4.78 is 11.5. The van der Waals surface area contributed by atoms with Crippen molar-refractivity contribution in [1.82, 2.24) is 0 Å². The average Bonchev–Trinajstić information content (AvgIpc) is 3.09. The zero-order chi connectivity index (χ0) is 34.2. The fourth-order valence-corrected chi connectivity index (χ4v) is 5.16. The molecule has 0 saturated heterocycles. The molecule has 6 nitrogen and oxygen atoms in total. The molecule has 0 radical (unpaired) electrons. The molecule has 48 heavy (non-hydrogen) atoms. The summed E-state index contributed by atoms with van der Waals surface area (Å²) in [5, 5.41) is 9.30. The third kappa shape index (κ3) is 11.4. The van der Waals surface area contributed by atoms with Gasteiger partial charge in [0.25, 0.3) is 0 Å². The van der Waals surface area contributed by atoms with E-state index in [0.717, 1.165) is 60.3 Å². The number of rotatable bonds is 16. The molecule has 0 aliphatic carbocycles. The summed E-state index contributed by atoms with van der Waals surface area (Å²) in [5.41, 5.74) is 5.48. The highest BCUT2D eigenvalue weighted by Crippen LogP contribution is 2.34. The molecule has 0 heterocycles. The predicted octanol–water partition coefficient (Wildman–Crippen LogP) is 10.5. The van der Waals surface area contributed by atoms with Crippen molar-refractivity contribution in [2.24, 2.45) is 0 Å². The molecule has 246 valence electrons. The van der Waals surface area contributed by atoms with Gasteiger partial charge in [-0.2, -0.15) is 5.26 Å². The minimum Gasteiger partial charge on any atom is -0.493 e. The van der Waals surface area contributed by atoms with Crippen molar-refractivity contribution >= 4 is 47.5 Å². The van der Waals surface area contributed by atoms with Gasteiger partial charge in [0.15, 0.2) is 6.29 Å². The second kappa shape index (κ2) is 18.1. The van der Waals surface area contributed by atoms with Crippen LogP contribution in [0.3, 0.4) is 0 Å². The van der Waals surface area contributed by atoms with E-state index in [1.54, 1.807) is 6.08 Å². The van der Waals surface area contributed by atoms with Gasteiger partial charge in [-0.05, 0) is 93.3 Å². The summed E-state index contributed by atoms with van der Waals surface area (Å²) in [7, 11) is 0. The topological polar surface area (TPSA) is 79.6 Å². The van der Waals surface area contributed by atoms with Gasteiger partial charge in [-0.25, -0.2) is 0 Å². The normalized spacial score (nSPS) is 11.6. The third-order valence-electron chi connectivity index (χ3n) is 7.46. The number of ether oxygens (including phenoxy) is 2. The fraction of sp³-hybridized carbons (Fsp3) is 0.262. The highest BCUT2D eigenvalue weighted by atomic mass is 16.6. The first-order valence-electron chi connectivity index (χ1n) is 16.5. The second-order valence-corrected chi connectivity index (χ2v) is 12.5. The highest BCUT2D eigenvalue weighted by Gasteiger charge is 2.15. The number of benzene rings is 4. The quantitative estimate of drug-likeness (QED) is 0.0303. The molecule has 0 spiro atoms. The fourth-order valence-electron chi connectivity index (χ4n) is 5.16. The van der Waals surface area contributed by atoms with Gasteiger partial charge in [0.05, 0.1) is 12.2 Å². The number of esters is 1. The van der Waals surface area contributed by atoms with Crippen molar-refractivity contribution in [3.8, 4) is 11.8 Å². The van der Waals surface area contributed by atoms with Crippen LogP contribution in [0.2, 0.25) is 0 Å². The monoisotopic (exact) mass is 640 g/mol. The van der Waals surface area contributed by atoms with Gasteiger partial charge in [-0.1, -0.05) is 92.1 Å². The SMILES string of the molecule is CC(C)(C)OC(=O)CCCCCCCOc1cc(/C=C/c2ccc(N(c3ccccc3)c3ccccc3)cc2)ccc1/C=C(/C#N)C=O. The molecule has 0 bridgehead atoms. The number of allylic oxidation sites excluding steroid dienone is 1. The molecule has 4 aromatic carbocycles. The molecular formula is C42H44N2O4. The zero-order valence-electron chi connectivity index (χ0n) is 28.1. The van der Waals surface area contributed by atoms with Crippen molar-refractivity contribution in [2.45, 2.75) is 64.9 Å². The molecule has 0 aromatic heterocycles. The van der Waals surface area contributed by atoms with Gasteiger partial charge in [0.2, 0.25) is 0 Å². The van der Waals surface area contributed by atoms with Crippen LogP contribution in [0.1, 0.15) is 76.0 Å². The standard InChI is InChI=1S/C42H44N2O4/c1-42(2,3)48-41(46)19-13-5-4-6-14-28-47-40-30-34(22-25-36(40)29-35(31-43)32-45)21-20-33-23-26-39(27-24-33)44(37-15-9-7-10-16-37)38-17-11-8-12-18-38/h7-12,15-18,20-27,29-30,32H,4-6,13-14,19,28H2,1-3H3/b21-20+,35-29-. The first-order chi connectivity index (χ1) is 23.3. The van der Waals surface area contributed by atoms with Crippen LogP contribution in [0.4, 0.5) is 17.1 Å². The molecule has 0 saturated carbocycles. The third-order valence-corrected chi connectivity index (χ3v) is 7.46. The van der Waals surface area contributed by atoms with Crippen LogP contribution in [0, 0.1) is 11.3 Å². The highest BCUT2D eigenvalue weighted by molar-refractivity contribution is 5.88. The minimum atomic E-state index is -0.450. The van der Waals surface area contributed by atoms with Crippen molar-refractivity contribution in [3.05, 3.63) is 125 Å². The lowest BCUT2D eigenvalue weighted by Gasteiger charge is -2.25. The molecule has 0 fully saturated rings. The molecule has 4 aromatic rings. The summed E-state index contributed by atoms with van der Waals surface area (Å²) in [4.78, 5) is 25.4. The van der Waals surface area contributed by atoms with Gasteiger partial charge >= 0.3 is 5.97 Å². The Hall–Kier alpha value is -5.41. The molecule has 4 rings (SSSR count). The van der Waals surface area contributed by atoms with Crippen molar-refractivity contribution in [2.75, 3.05) is 11.5 Å². The number of nitrogens with zero attached hydrogens (tertiary/aromatic N) is 2.